The molecule has 0 radical (unpaired) electrons. The van der Waals surface area contributed by atoms with Gasteiger partial charge in [-0.15, -0.1) is 0 Å². The minimum absolute atomic E-state index is 0.859. The maximum absolute atomic E-state index is 4.35. The molecule has 3 nitrogen and oxygen atoms in total. The number of nitrogens with zero attached hydrogens (tertiary/aromatic N) is 3. The van der Waals surface area contributed by atoms with Gasteiger partial charge in [-0.3, -0.25) is 0 Å². The molecule has 26 heavy (non-hydrogen) atoms. The molecule has 0 heterocycles. The predicted octanol–water partition coefficient (Wildman–Crippen LogP) is 8.05. The molecule has 140 valence electrons. The van der Waals surface area contributed by atoms with E-state index in [1.807, 2.05) is 24.3 Å². The quantitative estimate of drug-likeness (QED) is 0.269. The molecule has 0 bridgehead atoms. The maximum Gasteiger partial charge on any atom is 0.0858 e. The van der Waals surface area contributed by atoms with Crippen molar-refractivity contribution in [2.24, 2.45) is 10.2 Å². The Kier molecular flexibility index (Phi) is 9.40. The van der Waals surface area contributed by atoms with Gasteiger partial charge in [0.2, 0.25) is 0 Å². The molecule has 0 saturated heterocycles. The summed E-state index contributed by atoms with van der Waals surface area (Å²) in [6, 6.07) is 16.3. The Morgan fingerprint density at radius 3 is 1.62 bits per heavy atom. The summed E-state index contributed by atoms with van der Waals surface area (Å²) in [7, 11) is 0. The number of azo groups is 1. The van der Waals surface area contributed by atoms with Gasteiger partial charge in [0, 0.05) is 23.2 Å². The van der Waals surface area contributed by atoms with Crippen LogP contribution in [0.4, 0.5) is 17.1 Å². The van der Waals surface area contributed by atoms with Crippen LogP contribution in [0, 0.1) is 0 Å². The second-order valence-corrected chi connectivity index (χ2v) is 7.51. The van der Waals surface area contributed by atoms with Crippen molar-refractivity contribution in [2.75, 3.05) is 18.0 Å². The summed E-state index contributed by atoms with van der Waals surface area (Å²) in [5.41, 5.74) is 3.04. The highest BCUT2D eigenvalue weighted by atomic mass is 79.9. The summed E-state index contributed by atoms with van der Waals surface area (Å²) >= 11 is 3.43. The molecule has 2 aromatic carbocycles. The predicted molar refractivity (Wildman–Crippen MR) is 116 cm³/mol. The lowest BCUT2D eigenvalue weighted by Crippen LogP contribution is -2.25. The first-order valence-electron chi connectivity index (χ1n) is 9.75. The fraction of sp³-hybridized carbons (Fsp3) is 0.455. The van der Waals surface area contributed by atoms with E-state index in [2.05, 4.69) is 69.2 Å². The van der Waals surface area contributed by atoms with Crippen LogP contribution in [0.25, 0.3) is 0 Å². The highest BCUT2D eigenvalue weighted by Gasteiger charge is 2.06. The molecule has 2 aromatic rings. The van der Waals surface area contributed by atoms with Gasteiger partial charge in [-0.1, -0.05) is 55.5 Å². The Morgan fingerprint density at radius 2 is 1.15 bits per heavy atom. The molecule has 0 amide bonds. The van der Waals surface area contributed by atoms with Crippen molar-refractivity contribution in [1.82, 2.24) is 0 Å². The van der Waals surface area contributed by atoms with Crippen LogP contribution >= 0.6 is 15.9 Å². The van der Waals surface area contributed by atoms with Crippen LogP contribution in [0.15, 0.2) is 63.2 Å². The van der Waals surface area contributed by atoms with Gasteiger partial charge in [0.05, 0.1) is 11.4 Å². The molecule has 0 aliphatic carbocycles. The number of hydrogen-bond donors (Lipinski definition) is 0. The summed E-state index contributed by atoms with van der Waals surface area (Å²) in [5.74, 6) is 0. The normalized spacial score (nSPS) is 11.2. The summed E-state index contributed by atoms with van der Waals surface area (Å²) < 4.78 is 1.05. The van der Waals surface area contributed by atoms with Crippen molar-refractivity contribution in [3.8, 4) is 0 Å². The molecule has 4 heteroatoms. The van der Waals surface area contributed by atoms with Crippen molar-refractivity contribution >= 4 is 33.0 Å². The average Bonchev–Trinajstić information content (AvgIpc) is 2.67. The Balaban J connectivity index is 1.99. The van der Waals surface area contributed by atoms with Crippen LogP contribution in [-0.2, 0) is 0 Å². The zero-order chi connectivity index (χ0) is 18.6. The van der Waals surface area contributed by atoms with Gasteiger partial charge < -0.3 is 4.90 Å². The molecule has 0 unspecified atom stereocenters. The smallest absolute Gasteiger partial charge is 0.0858 e. The molecule has 2 rings (SSSR count). The first kappa shape index (κ1) is 20.6. The first-order valence-corrected chi connectivity index (χ1v) is 10.5. The summed E-state index contributed by atoms with van der Waals surface area (Å²) in [5, 5.41) is 8.65. The zero-order valence-corrected chi connectivity index (χ0v) is 17.6. The topological polar surface area (TPSA) is 28.0 Å². The van der Waals surface area contributed by atoms with Crippen LogP contribution in [0.1, 0.15) is 52.4 Å². The molecule has 0 atom stereocenters. The third-order valence-electron chi connectivity index (χ3n) is 4.39. The maximum atomic E-state index is 4.35. The standard InChI is InChI=1S/C22H30BrN3/c1-3-5-7-17-26(18-8-6-4-2)22-15-13-21(14-16-22)25-24-20-11-9-19(23)10-12-20/h9-16H,3-8,17-18H2,1-2H3. The van der Waals surface area contributed by atoms with E-state index in [1.54, 1.807) is 0 Å². The van der Waals surface area contributed by atoms with Crippen molar-refractivity contribution in [3.63, 3.8) is 0 Å². The number of halogens is 1. The molecule has 0 aliphatic heterocycles. The van der Waals surface area contributed by atoms with E-state index in [4.69, 9.17) is 0 Å². The summed E-state index contributed by atoms with van der Waals surface area (Å²) in [6.07, 6.45) is 7.63. The van der Waals surface area contributed by atoms with Gasteiger partial charge in [0.15, 0.2) is 0 Å². The van der Waals surface area contributed by atoms with Gasteiger partial charge >= 0.3 is 0 Å². The Labute approximate surface area is 166 Å². The molecule has 0 spiro atoms. The van der Waals surface area contributed by atoms with Crippen molar-refractivity contribution in [2.45, 2.75) is 52.4 Å². The van der Waals surface area contributed by atoms with Gasteiger partial charge in [-0.2, -0.15) is 10.2 Å². The van der Waals surface area contributed by atoms with Crippen molar-refractivity contribution in [1.29, 1.82) is 0 Å². The lowest BCUT2D eigenvalue weighted by molar-refractivity contribution is 0.636. The number of rotatable bonds is 11. The van der Waals surface area contributed by atoms with Gasteiger partial charge in [-0.25, -0.2) is 0 Å². The monoisotopic (exact) mass is 415 g/mol. The Morgan fingerprint density at radius 1 is 0.692 bits per heavy atom. The molecule has 0 saturated carbocycles. The first-order chi connectivity index (χ1) is 12.7. The highest BCUT2D eigenvalue weighted by molar-refractivity contribution is 9.10. The number of hydrogen-bond acceptors (Lipinski definition) is 3. The Bertz CT molecular complexity index is 640. The van der Waals surface area contributed by atoms with E-state index >= 15 is 0 Å². The number of anilines is 1. The van der Waals surface area contributed by atoms with Crippen molar-refractivity contribution in [3.05, 3.63) is 53.0 Å². The average molecular weight is 416 g/mol. The SMILES string of the molecule is CCCCCN(CCCCC)c1ccc(N=Nc2ccc(Br)cc2)cc1. The zero-order valence-electron chi connectivity index (χ0n) is 16.0. The van der Waals surface area contributed by atoms with Gasteiger partial charge in [0.25, 0.3) is 0 Å². The van der Waals surface area contributed by atoms with E-state index in [9.17, 15) is 0 Å². The minimum Gasteiger partial charge on any atom is -0.372 e. The van der Waals surface area contributed by atoms with E-state index in [0.29, 0.717) is 0 Å². The summed E-state index contributed by atoms with van der Waals surface area (Å²) in [6.45, 7) is 6.79. The van der Waals surface area contributed by atoms with E-state index in [-0.39, 0.29) is 0 Å². The second-order valence-electron chi connectivity index (χ2n) is 6.59. The third-order valence-corrected chi connectivity index (χ3v) is 4.91. The fourth-order valence-electron chi connectivity index (χ4n) is 2.83. The van der Waals surface area contributed by atoms with E-state index in [1.165, 1.54) is 44.2 Å². The molecule has 0 fully saturated rings. The molecule has 0 aliphatic rings. The van der Waals surface area contributed by atoms with Crippen LogP contribution < -0.4 is 4.90 Å². The Hall–Kier alpha value is -1.68. The van der Waals surface area contributed by atoms with Crippen molar-refractivity contribution < 1.29 is 0 Å². The fourth-order valence-corrected chi connectivity index (χ4v) is 3.09. The number of unbranched alkanes of at least 4 members (excludes halogenated alkanes) is 4. The van der Waals surface area contributed by atoms with Gasteiger partial charge in [-0.05, 0) is 61.4 Å². The third kappa shape index (κ3) is 7.28. The molecular weight excluding hydrogens is 386 g/mol. The van der Waals surface area contributed by atoms with E-state index in [0.717, 1.165) is 28.9 Å². The lowest BCUT2D eigenvalue weighted by Gasteiger charge is -2.25. The van der Waals surface area contributed by atoms with Crippen LogP contribution in [0.5, 0.6) is 0 Å². The summed E-state index contributed by atoms with van der Waals surface area (Å²) in [4.78, 5) is 2.51. The largest absolute Gasteiger partial charge is 0.372 e. The lowest BCUT2D eigenvalue weighted by atomic mass is 10.2. The van der Waals surface area contributed by atoms with Crippen LogP contribution in [0.3, 0.4) is 0 Å². The minimum atomic E-state index is 0.859. The van der Waals surface area contributed by atoms with Gasteiger partial charge in [0.1, 0.15) is 0 Å². The van der Waals surface area contributed by atoms with Crippen LogP contribution in [0.2, 0.25) is 0 Å². The van der Waals surface area contributed by atoms with E-state index < -0.39 is 0 Å². The van der Waals surface area contributed by atoms with Crippen LogP contribution in [-0.4, -0.2) is 13.1 Å². The molecular formula is C22H30BrN3. The number of benzene rings is 2. The molecule has 0 aromatic heterocycles. The highest BCUT2D eigenvalue weighted by Crippen LogP contribution is 2.24. The molecule has 0 N–H and O–H groups in total. The second kappa shape index (κ2) is 11.8.